The molecule has 30 heavy (non-hydrogen) atoms. The molecule has 0 bridgehead atoms. The predicted octanol–water partition coefficient (Wildman–Crippen LogP) is 1.11. The van der Waals surface area contributed by atoms with Crippen molar-refractivity contribution in [2.24, 2.45) is 0 Å². The summed E-state index contributed by atoms with van der Waals surface area (Å²) in [6, 6.07) is 4.07. The second-order valence-electron chi connectivity index (χ2n) is 5.64. The van der Waals surface area contributed by atoms with Crippen LogP contribution in [0, 0.1) is 0 Å². The molecule has 166 valence electrons. The summed E-state index contributed by atoms with van der Waals surface area (Å²) in [5.41, 5.74) is 0. The van der Waals surface area contributed by atoms with E-state index in [2.05, 4.69) is 0 Å². The molecular formula is C18H22O12. The molecule has 3 N–H and O–H groups in total. The highest BCUT2D eigenvalue weighted by Crippen LogP contribution is 2.28. The molecule has 0 aliphatic carbocycles. The van der Waals surface area contributed by atoms with Gasteiger partial charge in [-0.2, -0.15) is 0 Å². The van der Waals surface area contributed by atoms with Gasteiger partial charge in [-0.3, -0.25) is 19.2 Å². The van der Waals surface area contributed by atoms with Crippen molar-refractivity contribution >= 4 is 23.9 Å². The van der Waals surface area contributed by atoms with E-state index >= 15 is 0 Å². The summed E-state index contributed by atoms with van der Waals surface area (Å²) >= 11 is 0. The Bertz CT molecular complexity index is 688. The van der Waals surface area contributed by atoms with Crippen LogP contribution in [0.15, 0.2) is 18.2 Å². The number of hydrogen-bond donors (Lipinski definition) is 3. The highest BCUT2D eigenvalue weighted by molar-refractivity contribution is 5.78. The molecule has 0 aliphatic rings. The fourth-order valence-corrected chi connectivity index (χ4v) is 1.82. The number of hydrogen-bond acceptors (Lipinski definition) is 9. The van der Waals surface area contributed by atoms with E-state index in [4.69, 9.17) is 39.0 Å². The van der Waals surface area contributed by atoms with Crippen LogP contribution < -0.4 is 14.2 Å². The summed E-state index contributed by atoms with van der Waals surface area (Å²) in [5.74, 6) is -3.65. The molecule has 1 aromatic rings. The minimum Gasteiger partial charge on any atom is -0.481 e. The van der Waals surface area contributed by atoms with E-state index in [1.165, 1.54) is 18.2 Å². The van der Waals surface area contributed by atoms with Gasteiger partial charge < -0.3 is 39.0 Å². The number of carbonyl (C=O) groups is 4. The van der Waals surface area contributed by atoms with Gasteiger partial charge in [0.2, 0.25) is 0 Å². The molecule has 0 saturated carbocycles. The topological polar surface area (TPSA) is 175 Å². The van der Waals surface area contributed by atoms with E-state index in [0.29, 0.717) is 0 Å². The van der Waals surface area contributed by atoms with Gasteiger partial charge in [-0.25, -0.2) is 0 Å². The van der Waals surface area contributed by atoms with E-state index in [-0.39, 0.29) is 63.3 Å². The van der Waals surface area contributed by atoms with Crippen molar-refractivity contribution in [1.82, 2.24) is 0 Å². The molecule has 0 radical (unpaired) electrons. The standard InChI is InChI=1S/C18H22O12/c19-15(20)1-2-18(25)30-14-8-12(28-10-26-5-3-16(21)22)7-13(9-14)29-11-27-6-4-17(23)24/h7-9H,1-6,10-11H2,(H,19,20)(H,21,22)(H,23,24). The summed E-state index contributed by atoms with van der Waals surface area (Å²) in [7, 11) is 0. The Morgan fingerprint density at radius 1 is 0.633 bits per heavy atom. The zero-order valence-corrected chi connectivity index (χ0v) is 15.9. The molecule has 0 saturated heterocycles. The lowest BCUT2D eigenvalue weighted by Crippen LogP contribution is -2.11. The molecule has 0 spiro atoms. The molecule has 12 heteroatoms. The number of benzene rings is 1. The van der Waals surface area contributed by atoms with E-state index < -0.39 is 30.3 Å². The van der Waals surface area contributed by atoms with Gasteiger partial charge in [0.05, 0.1) is 38.9 Å². The lowest BCUT2D eigenvalue weighted by molar-refractivity contribution is -0.142. The van der Waals surface area contributed by atoms with Gasteiger partial charge >= 0.3 is 23.9 Å². The van der Waals surface area contributed by atoms with Crippen molar-refractivity contribution in [2.75, 3.05) is 26.8 Å². The van der Waals surface area contributed by atoms with Crippen molar-refractivity contribution in [1.29, 1.82) is 0 Å². The first-order valence-corrected chi connectivity index (χ1v) is 8.68. The number of esters is 1. The van der Waals surface area contributed by atoms with Crippen molar-refractivity contribution in [2.45, 2.75) is 25.7 Å². The largest absolute Gasteiger partial charge is 0.481 e. The molecule has 1 aromatic carbocycles. The Labute approximate surface area is 170 Å². The van der Waals surface area contributed by atoms with Crippen LogP contribution in [0.2, 0.25) is 0 Å². The highest BCUT2D eigenvalue weighted by Gasteiger charge is 2.11. The normalized spacial score (nSPS) is 10.3. The summed E-state index contributed by atoms with van der Waals surface area (Å²) < 4.78 is 25.7. The third-order valence-corrected chi connectivity index (χ3v) is 3.17. The summed E-state index contributed by atoms with van der Waals surface area (Å²) in [4.78, 5) is 43.2. The SMILES string of the molecule is O=C(O)CCOCOc1cc(OCOCCC(=O)O)cc(OC(=O)CCC(=O)O)c1. The molecular weight excluding hydrogens is 408 g/mol. The lowest BCUT2D eigenvalue weighted by Gasteiger charge is -2.12. The van der Waals surface area contributed by atoms with Gasteiger partial charge in [0.15, 0.2) is 13.6 Å². The highest BCUT2D eigenvalue weighted by atomic mass is 16.7. The zero-order chi connectivity index (χ0) is 22.4. The van der Waals surface area contributed by atoms with Gasteiger partial charge in [-0.15, -0.1) is 0 Å². The molecule has 0 fully saturated rings. The maximum Gasteiger partial charge on any atom is 0.311 e. The second-order valence-corrected chi connectivity index (χ2v) is 5.64. The number of rotatable bonds is 16. The number of carboxylic acids is 3. The van der Waals surface area contributed by atoms with Gasteiger partial charge in [0, 0.05) is 18.2 Å². The molecule has 1 rings (SSSR count). The van der Waals surface area contributed by atoms with Crippen molar-refractivity contribution in [3.05, 3.63) is 18.2 Å². The third-order valence-electron chi connectivity index (χ3n) is 3.17. The van der Waals surface area contributed by atoms with Crippen LogP contribution in [0.4, 0.5) is 0 Å². The fraction of sp³-hybridized carbons (Fsp3) is 0.444. The average Bonchev–Trinajstić information content (AvgIpc) is 2.65. The van der Waals surface area contributed by atoms with Crippen LogP contribution in [-0.4, -0.2) is 66.0 Å². The van der Waals surface area contributed by atoms with E-state index in [9.17, 15) is 19.2 Å². The van der Waals surface area contributed by atoms with Gasteiger partial charge in [-0.1, -0.05) is 0 Å². The Kier molecular flexibility index (Phi) is 11.3. The van der Waals surface area contributed by atoms with E-state index in [1.54, 1.807) is 0 Å². The van der Waals surface area contributed by atoms with Crippen molar-refractivity contribution in [3.63, 3.8) is 0 Å². The molecule has 12 nitrogen and oxygen atoms in total. The van der Waals surface area contributed by atoms with Crippen LogP contribution in [-0.2, 0) is 28.7 Å². The first kappa shape index (κ1) is 24.7. The van der Waals surface area contributed by atoms with Crippen LogP contribution in [0.3, 0.4) is 0 Å². The number of carbonyl (C=O) groups excluding carboxylic acids is 1. The minimum absolute atomic E-state index is 0.00830. The van der Waals surface area contributed by atoms with Crippen LogP contribution in [0.1, 0.15) is 25.7 Å². The Morgan fingerprint density at radius 2 is 1.07 bits per heavy atom. The van der Waals surface area contributed by atoms with Gasteiger partial charge in [-0.05, 0) is 0 Å². The molecule has 0 amide bonds. The maximum atomic E-state index is 11.7. The monoisotopic (exact) mass is 430 g/mol. The van der Waals surface area contributed by atoms with Gasteiger partial charge in [0.25, 0.3) is 0 Å². The van der Waals surface area contributed by atoms with Crippen LogP contribution >= 0.6 is 0 Å². The molecule has 0 aromatic heterocycles. The Hall–Kier alpha value is -3.38. The average molecular weight is 430 g/mol. The number of carboxylic acid groups (broad SMARTS) is 3. The number of ether oxygens (including phenoxy) is 5. The fourth-order valence-electron chi connectivity index (χ4n) is 1.82. The Balaban J connectivity index is 2.68. The second kappa shape index (κ2) is 13.7. The molecule has 0 aliphatic heterocycles. The van der Waals surface area contributed by atoms with Gasteiger partial charge in [0.1, 0.15) is 17.2 Å². The van der Waals surface area contributed by atoms with E-state index in [0.717, 1.165) is 0 Å². The lowest BCUT2D eigenvalue weighted by atomic mass is 10.3. The van der Waals surface area contributed by atoms with Crippen LogP contribution in [0.25, 0.3) is 0 Å². The third kappa shape index (κ3) is 12.2. The zero-order valence-electron chi connectivity index (χ0n) is 15.9. The molecule has 0 atom stereocenters. The van der Waals surface area contributed by atoms with E-state index in [1.807, 2.05) is 0 Å². The first-order chi connectivity index (χ1) is 14.3. The molecule has 0 unspecified atom stereocenters. The summed E-state index contributed by atoms with van der Waals surface area (Å²) in [5, 5.41) is 25.7. The maximum absolute atomic E-state index is 11.7. The Morgan fingerprint density at radius 3 is 1.50 bits per heavy atom. The minimum atomic E-state index is -1.15. The van der Waals surface area contributed by atoms with Crippen molar-refractivity contribution in [3.8, 4) is 17.2 Å². The van der Waals surface area contributed by atoms with Crippen molar-refractivity contribution < 1.29 is 58.2 Å². The quantitative estimate of drug-likeness (QED) is 0.148. The summed E-state index contributed by atoms with van der Waals surface area (Å²) in [6.07, 6.45) is -1.14. The smallest absolute Gasteiger partial charge is 0.311 e. The number of aliphatic carboxylic acids is 3. The predicted molar refractivity (Wildman–Crippen MR) is 96.3 cm³/mol. The summed E-state index contributed by atoms with van der Waals surface area (Å²) in [6.45, 7) is -0.698. The van der Waals surface area contributed by atoms with Crippen LogP contribution in [0.5, 0.6) is 17.2 Å². The molecule has 0 heterocycles. The first-order valence-electron chi connectivity index (χ1n) is 8.68.